The maximum absolute atomic E-state index is 13.3. The molecular formula is C20H32O2Si. The Labute approximate surface area is 142 Å². The van der Waals surface area contributed by atoms with Crippen LogP contribution in [0.25, 0.3) is 0 Å². The van der Waals surface area contributed by atoms with Crippen molar-refractivity contribution in [1.29, 1.82) is 0 Å². The van der Waals surface area contributed by atoms with E-state index < -0.39 is 8.32 Å². The van der Waals surface area contributed by atoms with Gasteiger partial charge < -0.3 is 4.43 Å². The van der Waals surface area contributed by atoms with Gasteiger partial charge in [-0.05, 0) is 79.8 Å². The lowest BCUT2D eigenvalue weighted by Crippen LogP contribution is -2.56. The molecule has 5 rings (SSSR count). The summed E-state index contributed by atoms with van der Waals surface area (Å²) in [5.74, 6) is 3.12. The minimum Gasteiger partial charge on any atom is -0.519 e. The zero-order chi connectivity index (χ0) is 16.8. The summed E-state index contributed by atoms with van der Waals surface area (Å²) in [6, 6.07) is 0. The molecule has 3 heteroatoms. The van der Waals surface area contributed by atoms with E-state index in [-0.39, 0.29) is 21.8 Å². The molecule has 4 fully saturated rings. The maximum Gasteiger partial charge on any atom is 0.299 e. The van der Waals surface area contributed by atoms with Crippen LogP contribution in [0.4, 0.5) is 0 Å². The van der Waals surface area contributed by atoms with Crippen molar-refractivity contribution in [2.24, 2.45) is 34.5 Å². The topological polar surface area (TPSA) is 26.3 Å². The van der Waals surface area contributed by atoms with Gasteiger partial charge in [-0.1, -0.05) is 32.9 Å². The Morgan fingerprint density at radius 2 is 1.87 bits per heavy atom. The van der Waals surface area contributed by atoms with Crippen molar-refractivity contribution in [3.8, 4) is 0 Å². The van der Waals surface area contributed by atoms with Gasteiger partial charge >= 0.3 is 0 Å². The van der Waals surface area contributed by atoms with Gasteiger partial charge in [-0.25, -0.2) is 0 Å². The number of fused-ring (bicyclic) bond motifs is 3. The highest BCUT2D eigenvalue weighted by Gasteiger charge is 2.76. The second kappa shape index (κ2) is 4.33. The third-order valence-corrected chi connectivity index (χ3v) is 12.7. The molecule has 0 aromatic rings. The molecule has 5 aliphatic carbocycles. The molecule has 0 aromatic carbocycles. The second-order valence-corrected chi connectivity index (χ2v) is 15.3. The fourth-order valence-electron chi connectivity index (χ4n) is 6.22. The zero-order valence-electron chi connectivity index (χ0n) is 15.6. The molecule has 0 radical (unpaired) electrons. The number of carbonyl (C=O) groups is 1. The number of hydrogen-bond donors (Lipinski definition) is 0. The number of allylic oxidation sites excluding steroid dienone is 2. The summed E-state index contributed by atoms with van der Waals surface area (Å²) < 4.78 is 6.30. The summed E-state index contributed by atoms with van der Waals surface area (Å²) in [4.78, 5) is 13.3. The van der Waals surface area contributed by atoms with Crippen molar-refractivity contribution >= 4 is 14.3 Å². The molecule has 0 aromatic heterocycles. The molecule has 0 saturated heterocycles. The van der Waals surface area contributed by atoms with E-state index in [0.29, 0.717) is 0 Å². The van der Waals surface area contributed by atoms with Crippen LogP contribution in [-0.4, -0.2) is 14.3 Å². The normalized spacial score (nSPS) is 47.2. The molecule has 6 atom stereocenters. The Hall–Kier alpha value is -0.573. The van der Waals surface area contributed by atoms with E-state index in [9.17, 15) is 4.79 Å². The van der Waals surface area contributed by atoms with Crippen molar-refractivity contribution in [3.05, 3.63) is 12.2 Å². The molecule has 128 valence electrons. The van der Waals surface area contributed by atoms with Crippen LogP contribution in [0.5, 0.6) is 0 Å². The Bertz CT molecular complexity index is 587. The zero-order valence-corrected chi connectivity index (χ0v) is 16.6. The van der Waals surface area contributed by atoms with Gasteiger partial charge in [-0.15, -0.1) is 0 Å². The molecule has 4 bridgehead atoms. The van der Waals surface area contributed by atoms with Crippen LogP contribution < -0.4 is 0 Å². The summed E-state index contributed by atoms with van der Waals surface area (Å²) in [5.41, 5.74) is 0.00892. The maximum atomic E-state index is 13.3. The summed E-state index contributed by atoms with van der Waals surface area (Å²) in [6.45, 7) is 13.3. The highest BCUT2D eigenvalue weighted by molar-refractivity contribution is 6.75. The molecule has 0 amide bonds. The lowest BCUT2D eigenvalue weighted by atomic mass is 9.46. The molecule has 0 aliphatic heterocycles. The Morgan fingerprint density at radius 3 is 2.52 bits per heavy atom. The highest BCUT2D eigenvalue weighted by Crippen LogP contribution is 2.79. The molecule has 5 aliphatic rings. The van der Waals surface area contributed by atoms with Crippen LogP contribution in [0, 0.1) is 34.5 Å². The van der Waals surface area contributed by atoms with Gasteiger partial charge in [0.05, 0.1) is 5.41 Å². The summed E-state index contributed by atoms with van der Waals surface area (Å²) >= 11 is 0. The number of carbonyl (C=O) groups excluding carboxylic acids is 1. The van der Waals surface area contributed by atoms with E-state index in [4.69, 9.17) is 4.43 Å². The van der Waals surface area contributed by atoms with Gasteiger partial charge in [0, 0.05) is 0 Å². The molecule has 4 saturated carbocycles. The van der Waals surface area contributed by atoms with Crippen LogP contribution in [0.15, 0.2) is 12.2 Å². The van der Waals surface area contributed by atoms with E-state index in [2.05, 4.69) is 52.9 Å². The Kier molecular flexibility index (Phi) is 3.00. The van der Waals surface area contributed by atoms with Crippen LogP contribution in [0.2, 0.25) is 18.1 Å². The van der Waals surface area contributed by atoms with Crippen molar-refractivity contribution < 1.29 is 9.22 Å². The van der Waals surface area contributed by atoms with E-state index in [1.54, 1.807) is 0 Å². The van der Waals surface area contributed by atoms with Gasteiger partial charge in [0.15, 0.2) is 0 Å². The SMILES string of the molecule is CC1(C(=O)O[Si](C)(C)C(C)(C)C)CC2CC13CC1C=CC(C1)C23. The third-order valence-electron chi connectivity index (χ3n) is 8.44. The molecule has 0 N–H and O–H groups in total. The first-order chi connectivity index (χ1) is 10.5. The Balaban J connectivity index is 1.61. The van der Waals surface area contributed by atoms with Crippen LogP contribution >= 0.6 is 0 Å². The van der Waals surface area contributed by atoms with Crippen LogP contribution in [0.1, 0.15) is 53.4 Å². The largest absolute Gasteiger partial charge is 0.519 e. The van der Waals surface area contributed by atoms with Gasteiger partial charge in [-0.2, -0.15) is 0 Å². The monoisotopic (exact) mass is 332 g/mol. The number of hydrogen-bond acceptors (Lipinski definition) is 2. The Morgan fingerprint density at radius 1 is 1.17 bits per heavy atom. The fourth-order valence-corrected chi connectivity index (χ4v) is 7.22. The first kappa shape index (κ1) is 15.9. The molecule has 6 unspecified atom stereocenters. The lowest BCUT2D eigenvalue weighted by Gasteiger charge is -2.58. The standard InChI is InChI=1S/C20H32O2Si/c1-18(2,3)23(5,6)22-17(21)19(4)11-15-12-20(19)10-13-7-8-14(9-13)16(15)20/h7-8,13-16H,9-12H2,1-6H3. The summed E-state index contributed by atoms with van der Waals surface area (Å²) in [5, 5.41) is 0.0881. The molecular weight excluding hydrogens is 300 g/mol. The fraction of sp³-hybridized carbons (Fsp3) is 0.850. The lowest BCUT2D eigenvalue weighted by molar-refractivity contribution is -0.163. The first-order valence-corrected chi connectivity index (χ1v) is 12.3. The van der Waals surface area contributed by atoms with Gasteiger partial charge in [0.2, 0.25) is 0 Å². The predicted molar refractivity (Wildman–Crippen MR) is 95.4 cm³/mol. The van der Waals surface area contributed by atoms with Crippen molar-refractivity contribution in [3.63, 3.8) is 0 Å². The quantitative estimate of drug-likeness (QED) is 0.515. The minimum atomic E-state index is -2.04. The second-order valence-electron chi connectivity index (χ2n) is 10.6. The van der Waals surface area contributed by atoms with Crippen LogP contribution in [0.3, 0.4) is 0 Å². The van der Waals surface area contributed by atoms with Crippen molar-refractivity contribution in [2.75, 3.05) is 0 Å². The van der Waals surface area contributed by atoms with Gasteiger partial charge in [-0.3, -0.25) is 4.79 Å². The third kappa shape index (κ3) is 1.83. The van der Waals surface area contributed by atoms with Crippen molar-refractivity contribution in [1.82, 2.24) is 0 Å². The number of rotatable bonds is 2. The first-order valence-electron chi connectivity index (χ1n) is 9.42. The van der Waals surface area contributed by atoms with E-state index in [1.807, 2.05) is 0 Å². The van der Waals surface area contributed by atoms with E-state index in [1.165, 1.54) is 19.3 Å². The van der Waals surface area contributed by atoms with Gasteiger partial charge in [0.1, 0.15) is 0 Å². The predicted octanol–water partition coefficient (Wildman–Crippen LogP) is 5.16. The summed E-state index contributed by atoms with van der Waals surface area (Å²) in [6.07, 6.45) is 9.82. The average Bonchev–Trinajstić information content (AvgIpc) is 2.97. The van der Waals surface area contributed by atoms with Gasteiger partial charge in [0.25, 0.3) is 14.3 Å². The molecule has 23 heavy (non-hydrogen) atoms. The van der Waals surface area contributed by atoms with Crippen LogP contribution in [-0.2, 0) is 9.22 Å². The van der Waals surface area contributed by atoms with E-state index >= 15 is 0 Å². The molecule has 0 heterocycles. The minimum absolute atomic E-state index is 0.0881. The molecule has 1 spiro atoms. The van der Waals surface area contributed by atoms with E-state index in [0.717, 1.165) is 30.1 Å². The highest BCUT2D eigenvalue weighted by atomic mass is 28.4. The average molecular weight is 333 g/mol. The van der Waals surface area contributed by atoms with Crippen molar-refractivity contribution in [2.45, 2.75) is 71.5 Å². The molecule has 2 nitrogen and oxygen atoms in total. The smallest absolute Gasteiger partial charge is 0.299 e. The summed E-state index contributed by atoms with van der Waals surface area (Å²) in [7, 11) is -2.04.